The first-order valence-corrected chi connectivity index (χ1v) is 5.13. The molecular weight excluding hydrogens is 234 g/mol. The van der Waals surface area contributed by atoms with Gasteiger partial charge in [0.15, 0.2) is 0 Å². The SMILES string of the molecule is N#Cc1ccc(C2C=C(C(=O)O)NC(=O)N2)cc1. The summed E-state index contributed by atoms with van der Waals surface area (Å²) in [7, 11) is 0. The van der Waals surface area contributed by atoms with Crippen molar-refractivity contribution in [1.29, 1.82) is 5.26 Å². The van der Waals surface area contributed by atoms with Crippen molar-refractivity contribution in [3.05, 3.63) is 47.2 Å². The average molecular weight is 243 g/mol. The standard InChI is InChI=1S/C12H9N3O3/c13-6-7-1-3-8(4-2-7)9-5-10(11(16)17)15-12(18)14-9/h1-5,9H,(H,16,17)(H2,14,15,18). The molecule has 0 aliphatic carbocycles. The Morgan fingerprint density at radius 2 is 2.00 bits per heavy atom. The molecule has 6 nitrogen and oxygen atoms in total. The molecule has 0 saturated carbocycles. The molecule has 90 valence electrons. The number of benzene rings is 1. The van der Waals surface area contributed by atoms with Crippen molar-refractivity contribution in [3.63, 3.8) is 0 Å². The molecule has 1 aromatic carbocycles. The van der Waals surface area contributed by atoms with Gasteiger partial charge in [-0.25, -0.2) is 9.59 Å². The molecule has 1 unspecified atom stereocenters. The molecule has 2 amide bonds. The molecule has 6 heteroatoms. The van der Waals surface area contributed by atoms with E-state index in [1.165, 1.54) is 6.08 Å². The quantitative estimate of drug-likeness (QED) is 0.717. The highest BCUT2D eigenvalue weighted by molar-refractivity contribution is 5.93. The predicted octanol–water partition coefficient (Wildman–Crippen LogP) is 0.881. The molecule has 0 spiro atoms. The average Bonchev–Trinajstić information content (AvgIpc) is 2.38. The number of amides is 2. The molecule has 0 saturated heterocycles. The van der Waals surface area contributed by atoms with Gasteiger partial charge in [0.1, 0.15) is 5.70 Å². The molecule has 18 heavy (non-hydrogen) atoms. The Balaban J connectivity index is 2.31. The molecule has 1 atom stereocenters. The highest BCUT2D eigenvalue weighted by Gasteiger charge is 2.22. The third-order valence-corrected chi connectivity index (χ3v) is 2.50. The van der Waals surface area contributed by atoms with E-state index in [9.17, 15) is 9.59 Å². The van der Waals surface area contributed by atoms with Crippen LogP contribution in [0.5, 0.6) is 0 Å². The van der Waals surface area contributed by atoms with E-state index in [0.717, 1.165) is 0 Å². The van der Waals surface area contributed by atoms with E-state index in [1.54, 1.807) is 24.3 Å². The lowest BCUT2D eigenvalue weighted by Gasteiger charge is -2.22. The van der Waals surface area contributed by atoms with Crippen molar-refractivity contribution in [3.8, 4) is 6.07 Å². The summed E-state index contributed by atoms with van der Waals surface area (Å²) < 4.78 is 0. The van der Waals surface area contributed by atoms with E-state index < -0.39 is 18.0 Å². The predicted molar refractivity (Wildman–Crippen MR) is 61.3 cm³/mol. The van der Waals surface area contributed by atoms with Crippen molar-refractivity contribution in [1.82, 2.24) is 10.6 Å². The Labute approximate surface area is 103 Å². The fourth-order valence-corrected chi connectivity index (χ4v) is 1.62. The zero-order valence-corrected chi connectivity index (χ0v) is 9.18. The fourth-order valence-electron chi connectivity index (χ4n) is 1.62. The number of aliphatic carboxylic acids is 1. The first-order valence-electron chi connectivity index (χ1n) is 5.13. The number of carbonyl (C=O) groups is 2. The number of nitriles is 1. The van der Waals surface area contributed by atoms with Gasteiger partial charge in [-0.15, -0.1) is 0 Å². The van der Waals surface area contributed by atoms with E-state index >= 15 is 0 Å². The van der Waals surface area contributed by atoms with Gasteiger partial charge in [0, 0.05) is 0 Å². The van der Waals surface area contributed by atoms with Gasteiger partial charge in [-0.2, -0.15) is 5.26 Å². The first kappa shape index (κ1) is 11.7. The maximum absolute atomic E-state index is 11.3. The smallest absolute Gasteiger partial charge is 0.352 e. The Kier molecular flexibility index (Phi) is 2.98. The normalized spacial score (nSPS) is 18.1. The summed E-state index contributed by atoms with van der Waals surface area (Å²) in [5.41, 5.74) is 1.05. The molecule has 1 heterocycles. The van der Waals surface area contributed by atoms with Crippen LogP contribution >= 0.6 is 0 Å². The van der Waals surface area contributed by atoms with Gasteiger partial charge in [0.05, 0.1) is 17.7 Å². The van der Waals surface area contributed by atoms with Gasteiger partial charge >= 0.3 is 12.0 Å². The van der Waals surface area contributed by atoms with Gasteiger partial charge in [-0.1, -0.05) is 12.1 Å². The van der Waals surface area contributed by atoms with Crippen LogP contribution in [0.2, 0.25) is 0 Å². The number of urea groups is 1. The second kappa shape index (κ2) is 4.59. The molecule has 0 radical (unpaired) electrons. The summed E-state index contributed by atoms with van der Waals surface area (Å²) in [6.07, 6.45) is 1.41. The Morgan fingerprint density at radius 3 is 2.56 bits per heavy atom. The number of carboxylic acids is 1. The van der Waals surface area contributed by atoms with E-state index in [1.807, 2.05) is 6.07 Å². The maximum atomic E-state index is 11.3. The molecule has 1 aliphatic heterocycles. The summed E-state index contributed by atoms with van der Waals surface area (Å²) in [5.74, 6) is -1.19. The van der Waals surface area contributed by atoms with Crippen LogP contribution in [0.15, 0.2) is 36.0 Å². The van der Waals surface area contributed by atoms with Crippen LogP contribution in [-0.2, 0) is 4.79 Å². The molecule has 0 bridgehead atoms. The third kappa shape index (κ3) is 2.30. The molecule has 3 N–H and O–H groups in total. The Bertz CT molecular complexity index is 569. The van der Waals surface area contributed by atoms with Gasteiger partial charge in [0.25, 0.3) is 0 Å². The Morgan fingerprint density at radius 1 is 1.33 bits per heavy atom. The molecule has 0 fully saturated rings. The molecule has 2 rings (SSSR count). The number of carbonyl (C=O) groups excluding carboxylic acids is 1. The van der Waals surface area contributed by atoms with E-state index in [2.05, 4.69) is 10.6 Å². The number of rotatable bonds is 2. The second-order valence-corrected chi connectivity index (χ2v) is 3.70. The first-order chi connectivity index (χ1) is 8.60. The lowest BCUT2D eigenvalue weighted by atomic mass is 10.0. The monoisotopic (exact) mass is 243 g/mol. The molecular formula is C12H9N3O3. The van der Waals surface area contributed by atoms with Crippen LogP contribution in [0, 0.1) is 11.3 Å². The van der Waals surface area contributed by atoms with Gasteiger partial charge in [-0.05, 0) is 23.8 Å². The number of carboxylic acid groups (broad SMARTS) is 1. The number of nitrogens with one attached hydrogen (secondary N) is 2. The third-order valence-electron chi connectivity index (χ3n) is 2.50. The van der Waals surface area contributed by atoms with Crippen LogP contribution in [0.4, 0.5) is 4.79 Å². The number of nitrogens with zero attached hydrogens (tertiary/aromatic N) is 1. The lowest BCUT2D eigenvalue weighted by Crippen LogP contribution is -2.43. The zero-order chi connectivity index (χ0) is 13.1. The van der Waals surface area contributed by atoms with Gasteiger partial charge < -0.3 is 15.7 Å². The van der Waals surface area contributed by atoms with Crippen LogP contribution in [0.3, 0.4) is 0 Å². The van der Waals surface area contributed by atoms with Crippen molar-refractivity contribution in [2.75, 3.05) is 0 Å². The summed E-state index contributed by atoms with van der Waals surface area (Å²) in [6, 6.07) is 7.46. The minimum absolute atomic E-state index is 0.159. The highest BCUT2D eigenvalue weighted by Crippen LogP contribution is 2.18. The Hall–Kier alpha value is -2.81. The minimum Gasteiger partial charge on any atom is -0.477 e. The largest absolute Gasteiger partial charge is 0.477 e. The second-order valence-electron chi connectivity index (χ2n) is 3.70. The molecule has 1 aliphatic rings. The van der Waals surface area contributed by atoms with Crippen molar-refractivity contribution in [2.24, 2.45) is 0 Å². The van der Waals surface area contributed by atoms with Gasteiger partial charge in [-0.3, -0.25) is 0 Å². The zero-order valence-electron chi connectivity index (χ0n) is 9.18. The summed E-state index contributed by atoms with van der Waals surface area (Å²) in [4.78, 5) is 22.1. The summed E-state index contributed by atoms with van der Waals surface area (Å²) in [5, 5.41) is 22.3. The molecule has 1 aromatic rings. The number of hydrogen-bond donors (Lipinski definition) is 3. The highest BCUT2D eigenvalue weighted by atomic mass is 16.4. The summed E-state index contributed by atoms with van der Waals surface area (Å²) >= 11 is 0. The van der Waals surface area contributed by atoms with Crippen LogP contribution in [0.25, 0.3) is 0 Å². The van der Waals surface area contributed by atoms with Crippen molar-refractivity contribution >= 4 is 12.0 Å². The summed E-state index contributed by atoms with van der Waals surface area (Å²) in [6.45, 7) is 0. The van der Waals surface area contributed by atoms with Gasteiger partial charge in [0.2, 0.25) is 0 Å². The topological polar surface area (TPSA) is 102 Å². The lowest BCUT2D eigenvalue weighted by molar-refractivity contribution is -0.133. The van der Waals surface area contributed by atoms with Crippen molar-refractivity contribution < 1.29 is 14.7 Å². The van der Waals surface area contributed by atoms with E-state index in [4.69, 9.17) is 10.4 Å². The van der Waals surface area contributed by atoms with Crippen LogP contribution in [-0.4, -0.2) is 17.1 Å². The molecule has 0 aromatic heterocycles. The van der Waals surface area contributed by atoms with Crippen LogP contribution < -0.4 is 10.6 Å². The van der Waals surface area contributed by atoms with Crippen LogP contribution in [0.1, 0.15) is 17.2 Å². The van der Waals surface area contributed by atoms with E-state index in [0.29, 0.717) is 11.1 Å². The minimum atomic E-state index is -1.19. The van der Waals surface area contributed by atoms with E-state index in [-0.39, 0.29) is 5.70 Å². The fraction of sp³-hybridized carbons (Fsp3) is 0.0833. The number of hydrogen-bond acceptors (Lipinski definition) is 3. The maximum Gasteiger partial charge on any atom is 0.352 e. The van der Waals surface area contributed by atoms with Crippen molar-refractivity contribution in [2.45, 2.75) is 6.04 Å².